The van der Waals surface area contributed by atoms with Crippen molar-refractivity contribution in [2.24, 2.45) is 5.92 Å². The number of hydrogen-bond donors (Lipinski definition) is 2. The maximum Gasteiger partial charge on any atom is 0.252 e. The lowest BCUT2D eigenvalue weighted by Crippen LogP contribution is -2.53. The smallest absolute Gasteiger partial charge is 0.252 e. The van der Waals surface area contributed by atoms with Gasteiger partial charge in [0.2, 0.25) is 16.2 Å². The predicted molar refractivity (Wildman–Crippen MR) is 54.2 cm³/mol. The van der Waals surface area contributed by atoms with Crippen LogP contribution < -0.4 is 5.48 Å². The van der Waals surface area contributed by atoms with E-state index in [0.717, 1.165) is 0 Å². The molecule has 8 heteroatoms. The van der Waals surface area contributed by atoms with Crippen LogP contribution in [0.4, 0.5) is 0 Å². The zero-order chi connectivity index (χ0) is 12.5. The number of nitrogens with zero attached hydrogens (tertiary/aromatic N) is 1. The molecule has 16 heavy (non-hydrogen) atoms. The molecule has 1 aliphatic rings. The summed E-state index contributed by atoms with van der Waals surface area (Å²) in [6, 6.07) is -0.679. The average Bonchev–Trinajstić information content (AvgIpc) is 2.23. The first-order valence-electron chi connectivity index (χ1n) is 4.55. The highest BCUT2D eigenvalue weighted by Crippen LogP contribution is 2.20. The summed E-state index contributed by atoms with van der Waals surface area (Å²) < 4.78 is 22.0. The number of likely N-dealkylation sites (tertiary alicyclic amines) is 1. The van der Waals surface area contributed by atoms with Gasteiger partial charge in [0.15, 0.2) is 0 Å². The third kappa shape index (κ3) is 2.07. The van der Waals surface area contributed by atoms with Crippen LogP contribution in [0, 0.1) is 5.92 Å². The number of amides is 2. The lowest BCUT2D eigenvalue weighted by molar-refractivity contribution is -0.139. The molecule has 7 nitrogen and oxygen atoms in total. The van der Waals surface area contributed by atoms with Crippen molar-refractivity contribution in [1.29, 1.82) is 0 Å². The van der Waals surface area contributed by atoms with Gasteiger partial charge in [0.05, 0.1) is 16.8 Å². The maximum absolute atomic E-state index is 11.5. The molecule has 1 saturated heterocycles. The Kier molecular flexibility index (Phi) is 3.66. The SMILES string of the molecule is CC1C(=S(=O)=O)C(C(=O)NO)CC(=O)N1C. The van der Waals surface area contributed by atoms with E-state index in [2.05, 4.69) is 0 Å². The number of carbonyl (C=O) groups is 2. The van der Waals surface area contributed by atoms with Gasteiger partial charge in [0.1, 0.15) is 0 Å². The normalized spacial score (nSPS) is 25.6. The van der Waals surface area contributed by atoms with Crippen molar-refractivity contribution in [2.75, 3.05) is 7.05 Å². The van der Waals surface area contributed by atoms with Crippen LogP contribution in [0.3, 0.4) is 0 Å². The molecular formula is C8H12N2O5S. The van der Waals surface area contributed by atoms with Gasteiger partial charge in [-0.2, -0.15) is 8.42 Å². The van der Waals surface area contributed by atoms with E-state index in [1.807, 2.05) is 0 Å². The van der Waals surface area contributed by atoms with E-state index in [9.17, 15) is 18.0 Å². The highest BCUT2D eigenvalue weighted by molar-refractivity contribution is 7.73. The quantitative estimate of drug-likeness (QED) is 0.331. The van der Waals surface area contributed by atoms with Crippen LogP contribution in [0.5, 0.6) is 0 Å². The van der Waals surface area contributed by atoms with Gasteiger partial charge in [-0.25, -0.2) is 5.48 Å². The number of hydroxylamine groups is 1. The van der Waals surface area contributed by atoms with Crippen LogP contribution in [-0.2, 0) is 19.9 Å². The second-order valence-corrected chi connectivity index (χ2v) is 4.49. The minimum absolute atomic E-state index is 0.0892. The standard InChI is InChI=1S/C8H12N2O5S/c1-4-7(16(14)15)5(8(12)9-13)3-6(11)10(4)2/h4-5,13H,3H2,1-2H3,(H,9,12). The first-order valence-corrected chi connectivity index (χ1v) is 5.63. The first kappa shape index (κ1) is 12.7. The molecule has 0 saturated carbocycles. The summed E-state index contributed by atoms with van der Waals surface area (Å²) in [6.45, 7) is 1.51. The number of hydrogen-bond acceptors (Lipinski definition) is 5. The van der Waals surface area contributed by atoms with E-state index in [-0.39, 0.29) is 17.2 Å². The average molecular weight is 248 g/mol. The summed E-state index contributed by atoms with van der Waals surface area (Å²) in [5.74, 6) is -2.34. The Hall–Kier alpha value is -1.41. The molecule has 0 bridgehead atoms. The lowest BCUT2D eigenvalue weighted by Gasteiger charge is -2.33. The molecular weight excluding hydrogens is 236 g/mol. The van der Waals surface area contributed by atoms with E-state index >= 15 is 0 Å². The highest BCUT2D eigenvalue weighted by atomic mass is 32.2. The van der Waals surface area contributed by atoms with Gasteiger partial charge in [0.25, 0.3) is 5.91 Å². The van der Waals surface area contributed by atoms with Crippen molar-refractivity contribution in [3.05, 3.63) is 0 Å². The van der Waals surface area contributed by atoms with Gasteiger partial charge in [-0.3, -0.25) is 14.8 Å². The van der Waals surface area contributed by atoms with Crippen LogP contribution in [0.2, 0.25) is 0 Å². The van der Waals surface area contributed by atoms with Gasteiger partial charge < -0.3 is 4.90 Å². The fourth-order valence-electron chi connectivity index (χ4n) is 1.67. The monoisotopic (exact) mass is 248 g/mol. The predicted octanol–water partition coefficient (Wildman–Crippen LogP) is -1.59. The van der Waals surface area contributed by atoms with E-state index in [0.29, 0.717) is 0 Å². The van der Waals surface area contributed by atoms with Gasteiger partial charge >= 0.3 is 0 Å². The Morgan fingerprint density at radius 2 is 2.12 bits per heavy atom. The molecule has 1 heterocycles. The van der Waals surface area contributed by atoms with Crippen LogP contribution in [-0.4, -0.2) is 48.3 Å². The highest BCUT2D eigenvalue weighted by Gasteiger charge is 2.39. The Morgan fingerprint density at radius 1 is 1.56 bits per heavy atom. The summed E-state index contributed by atoms with van der Waals surface area (Å²) in [6.07, 6.45) is -0.253. The van der Waals surface area contributed by atoms with Crippen LogP contribution in [0.1, 0.15) is 13.3 Å². The second kappa shape index (κ2) is 4.62. The molecule has 0 aromatic rings. The number of piperidine rings is 1. The summed E-state index contributed by atoms with van der Waals surface area (Å²) in [7, 11) is -1.10. The number of nitrogens with one attached hydrogen (secondary N) is 1. The summed E-state index contributed by atoms with van der Waals surface area (Å²) in [5, 5.41) is 8.49. The fourth-order valence-corrected chi connectivity index (χ4v) is 2.53. The Balaban J connectivity index is 3.23. The molecule has 0 radical (unpaired) electrons. The molecule has 0 aliphatic carbocycles. The summed E-state index contributed by atoms with van der Waals surface area (Å²) >= 11 is 0. The van der Waals surface area contributed by atoms with Crippen molar-refractivity contribution < 1.29 is 23.2 Å². The van der Waals surface area contributed by atoms with E-state index < -0.39 is 28.2 Å². The largest absolute Gasteiger partial charge is 0.338 e. The second-order valence-electron chi connectivity index (χ2n) is 3.55. The van der Waals surface area contributed by atoms with Crippen molar-refractivity contribution in [1.82, 2.24) is 10.4 Å². The minimum atomic E-state index is -2.57. The first-order chi connectivity index (χ1) is 7.40. The third-order valence-electron chi connectivity index (χ3n) is 2.73. The Labute approximate surface area is 93.5 Å². The summed E-state index contributed by atoms with van der Waals surface area (Å²) in [5.41, 5.74) is 1.37. The van der Waals surface area contributed by atoms with Crippen molar-refractivity contribution >= 4 is 27.0 Å². The van der Waals surface area contributed by atoms with Gasteiger partial charge in [-0.05, 0) is 6.92 Å². The molecule has 90 valence electrons. The van der Waals surface area contributed by atoms with E-state index in [4.69, 9.17) is 5.21 Å². The zero-order valence-electron chi connectivity index (χ0n) is 8.80. The molecule has 1 aliphatic heterocycles. The molecule has 2 amide bonds. The van der Waals surface area contributed by atoms with Crippen LogP contribution in [0.15, 0.2) is 0 Å². The van der Waals surface area contributed by atoms with E-state index in [1.165, 1.54) is 24.4 Å². The number of rotatable bonds is 1. The molecule has 2 atom stereocenters. The molecule has 2 N–H and O–H groups in total. The Bertz CT molecular complexity index is 447. The number of carbonyl (C=O) groups excluding carboxylic acids is 2. The molecule has 0 aromatic carbocycles. The van der Waals surface area contributed by atoms with Gasteiger partial charge in [-0.1, -0.05) is 0 Å². The van der Waals surface area contributed by atoms with Crippen molar-refractivity contribution in [3.63, 3.8) is 0 Å². The maximum atomic E-state index is 11.5. The molecule has 1 rings (SSSR count). The van der Waals surface area contributed by atoms with Crippen molar-refractivity contribution in [3.8, 4) is 0 Å². The fraction of sp³-hybridized carbons (Fsp3) is 0.625. The molecule has 0 aromatic heterocycles. The van der Waals surface area contributed by atoms with Gasteiger partial charge in [0, 0.05) is 13.5 Å². The van der Waals surface area contributed by atoms with Gasteiger partial charge in [-0.15, -0.1) is 0 Å². The lowest BCUT2D eigenvalue weighted by atomic mass is 9.90. The van der Waals surface area contributed by atoms with E-state index in [1.54, 1.807) is 0 Å². The molecule has 1 fully saturated rings. The van der Waals surface area contributed by atoms with Crippen LogP contribution >= 0.6 is 0 Å². The molecule has 0 spiro atoms. The topological polar surface area (TPSA) is 104 Å². The molecule has 2 unspecified atom stereocenters. The van der Waals surface area contributed by atoms with Crippen LogP contribution in [0.25, 0.3) is 0 Å². The summed E-state index contributed by atoms with van der Waals surface area (Å²) in [4.78, 5) is 23.9. The minimum Gasteiger partial charge on any atom is -0.338 e. The van der Waals surface area contributed by atoms with Crippen molar-refractivity contribution in [2.45, 2.75) is 19.4 Å². The third-order valence-corrected chi connectivity index (χ3v) is 3.74. The zero-order valence-corrected chi connectivity index (χ0v) is 9.61. The Morgan fingerprint density at radius 3 is 2.56 bits per heavy atom.